The van der Waals surface area contributed by atoms with Gasteiger partial charge in [-0.25, -0.2) is 9.97 Å². The highest BCUT2D eigenvalue weighted by Gasteiger charge is 2.17. The number of aliphatic carboxylic acids is 1. The zero-order valence-corrected chi connectivity index (χ0v) is 16.3. The Morgan fingerprint density at radius 3 is 2.76 bits per heavy atom. The minimum absolute atomic E-state index is 0.115. The fourth-order valence-corrected chi connectivity index (χ4v) is 3.46. The molecule has 3 aromatic heterocycles. The molecular formula is C22H22N4O3. The fraction of sp³-hybridized carbons (Fsp3) is 0.227. The number of carboxylic acids is 1. The molecule has 0 radical (unpaired) electrons. The molecule has 4 rings (SSSR count). The van der Waals surface area contributed by atoms with Crippen LogP contribution in [0.4, 0.5) is 5.82 Å². The molecule has 0 amide bonds. The van der Waals surface area contributed by atoms with Crippen molar-refractivity contribution in [2.75, 3.05) is 19.0 Å². The van der Waals surface area contributed by atoms with Gasteiger partial charge in [-0.1, -0.05) is 24.3 Å². The Morgan fingerprint density at radius 2 is 1.97 bits per heavy atom. The van der Waals surface area contributed by atoms with Gasteiger partial charge in [0.2, 0.25) is 0 Å². The second-order valence-corrected chi connectivity index (χ2v) is 6.82. The second kappa shape index (κ2) is 7.79. The summed E-state index contributed by atoms with van der Waals surface area (Å²) in [6, 6.07) is 15.7. The van der Waals surface area contributed by atoms with E-state index in [0.29, 0.717) is 18.7 Å². The normalized spacial score (nSPS) is 11.1. The predicted molar refractivity (Wildman–Crippen MR) is 113 cm³/mol. The van der Waals surface area contributed by atoms with E-state index in [-0.39, 0.29) is 6.42 Å². The van der Waals surface area contributed by atoms with Crippen molar-refractivity contribution >= 4 is 28.3 Å². The Morgan fingerprint density at radius 1 is 1.14 bits per heavy atom. The van der Waals surface area contributed by atoms with E-state index in [9.17, 15) is 4.79 Å². The van der Waals surface area contributed by atoms with Gasteiger partial charge in [-0.05, 0) is 37.6 Å². The first-order chi connectivity index (χ1) is 14.1. The summed E-state index contributed by atoms with van der Waals surface area (Å²) in [6.45, 7) is 2.54. The Kier molecular flexibility index (Phi) is 5.03. The van der Waals surface area contributed by atoms with Gasteiger partial charge in [0.15, 0.2) is 0 Å². The first-order valence-electron chi connectivity index (χ1n) is 9.46. The van der Waals surface area contributed by atoms with Crippen molar-refractivity contribution in [2.24, 2.45) is 0 Å². The van der Waals surface area contributed by atoms with Gasteiger partial charge < -0.3 is 15.2 Å². The van der Waals surface area contributed by atoms with Crippen LogP contribution >= 0.6 is 0 Å². The number of imidazole rings is 1. The first kappa shape index (κ1) is 18.7. The number of ether oxygens (including phenoxy) is 1. The molecule has 0 saturated heterocycles. The third-order valence-electron chi connectivity index (χ3n) is 4.84. The van der Waals surface area contributed by atoms with Crippen LogP contribution in [0.25, 0.3) is 27.9 Å². The van der Waals surface area contributed by atoms with Gasteiger partial charge in [-0.15, -0.1) is 0 Å². The lowest BCUT2D eigenvalue weighted by Crippen LogP contribution is -2.08. The van der Waals surface area contributed by atoms with Crippen LogP contribution < -0.4 is 10.1 Å². The van der Waals surface area contributed by atoms with Gasteiger partial charge in [-0.2, -0.15) is 0 Å². The molecule has 3 heterocycles. The van der Waals surface area contributed by atoms with Crippen LogP contribution in [0.2, 0.25) is 0 Å². The number of anilines is 1. The molecule has 0 fully saturated rings. The number of carboxylic acid groups (broad SMARTS) is 1. The van der Waals surface area contributed by atoms with Gasteiger partial charge in [0.05, 0.1) is 12.8 Å². The van der Waals surface area contributed by atoms with E-state index < -0.39 is 5.97 Å². The fourth-order valence-electron chi connectivity index (χ4n) is 3.46. The molecule has 0 bridgehead atoms. The molecule has 0 saturated carbocycles. The Labute approximate surface area is 168 Å². The Balaban J connectivity index is 1.82. The summed E-state index contributed by atoms with van der Waals surface area (Å²) < 4.78 is 7.50. The van der Waals surface area contributed by atoms with E-state index in [1.165, 1.54) is 0 Å². The summed E-state index contributed by atoms with van der Waals surface area (Å²) in [5, 5.41) is 13.3. The first-order valence-corrected chi connectivity index (χ1v) is 9.46. The van der Waals surface area contributed by atoms with Crippen molar-refractivity contribution in [1.82, 2.24) is 14.4 Å². The van der Waals surface area contributed by atoms with Crippen LogP contribution in [-0.2, 0) is 4.79 Å². The molecule has 0 spiro atoms. The zero-order valence-electron chi connectivity index (χ0n) is 16.3. The van der Waals surface area contributed by atoms with E-state index in [1.807, 2.05) is 59.9 Å². The number of hydrogen-bond acceptors (Lipinski definition) is 5. The molecule has 0 atom stereocenters. The quantitative estimate of drug-likeness (QED) is 0.461. The maximum absolute atomic E-state index is 10.8. The lowest BCUT2D eigenvalue weighted by Gasteiger charge is -2.11. The van der Waals surface area contributed by atoms with Crippen LogP contribution in [0.5, 0.6) is 5.75 Å². The predicted octanol–water partition coefficient (Wildman–Crippen LogP) is 4.14. The van der Waals surface area contributed by atoms with Crippen LogP contribution in [0.15, 0.2) is 48.5 Å². The topological polar surface area (TPSA) is 88.8 Å². The average molecular weight is 390 g/mol. The molecule has 1 aromatic carbocycles. The summed E-state index contributed by atoms with van der Waals surface area (Å²) in [6.07, 6.45) is 0.635. The van der Waals surface area contributed by atoms with Gasteiger partial charge in [0.25, 0.3) is 0 Å². The summed E-state index contributed by atoms with van der Waals surface area (Å²) in [5.74, 6) is 0.718. The van der Waals surface area contributed by atoms with Gasteiger partial charge in [0.1, 0.15) is 28.4 Å². The van der Waals surface area contributed by atoms with E-state index in [4.69, 9.17) is 19.8 Å². The lowest BCUT2D eigenvalue weighted by molar-refractivity contribution is -0.137. The molecule has 0 aliphatic rings. The van der Waals surface area contributed by atoms with Gasteiger partial charge in [0, 0.05) is 24.0 Å². The number of nitrogens with one attached hydrogen (secondary N) is 1. The number of pyridine rings is 2. The standard InChI is InChI=1S/C22H22N4O3/c1-14-6-3-9-18-25-21(22(26(14)18)23-13-5-10-19(27)28)16-12-11-15-7-4-8-17(29-2)20(15)24-16/h3-4,6-9,11-12,23H,5,10,13H2,1-2H3,(H,27,28). The minimum Gasteiger partial charge on any atom is -0.494 e. The van der Waals surface area contributed by atoms with E-state index in [1.54, 1.807) is 7.11 Å². The van der Waals surface area contributed by atoms with Gasteiger partial charge in [-0.3, -0.25) is 9.20 Å². The molecule has 7 heteroatoms. The van der Waals surface area contributed by atoms with Crippen LogP contribution in [-0.4, -0.2) is 39.1 Å². The maximum Gasteiger partial charge on any atom is 0.303 e. The summed E-state index contributed by atoms with van der Waals surface area (Å²) in [4.78, 5) is 20.5. The molecule has 2 N–H and O–H groups in total. The van der Waals surface area contributed by atoms with Crippen LogP contribution in [0, 0.1) is 6.92 Å². The monoisotopic (exact) mass is 390 g/mol. The van der Waals surface area contributed by atoms with Crippen molar-refractivity contribution in [3.8, 4) is 17.1 Å². The lowest BCUT2D eigenvalue weighted by atomic mass is 10.1. The number of rotatable bonds is 7. The number of aryl methyl sites for hydroxylation is 1. The number of carbonyl (C=O) groups is 1. The molecular weight excluding hydrogens is 368 g/mol. The molecule has 148 valence electrons. The van der Waals surface area contributed by atoms with Crippen molar-refractivity contribution in [1.29, 1.82) is 0 Å². The average Bonchev–Trinajstić information content (AvgIpc) is 3.10. The van der Waals surface area contributed by atoms with Crippen molar-refractivity contribution in [3.63, 3.8) is 0 Å². The largest absolute Gasteiger partial charge is 0.494 e. The molecule has 29 heavy (non-hydrogen) atoms. The Hall–Kier alpha value is -3.61. The summed E-state index contributed by atoms with van der Waals surface area (Å²) in [7, 11) is 1.63. The van der Waals surface area contributed by atoms with E-state index in [2.05, 4.69) is 5.32 Å². The minimum atomic E-state index is -0.801. The zero-order chi connectivity index (χ0) is 20.4. The van der Waals surface area contributed by atoms with Crippen LogP contribution in [0.1, 0.15) is 18.5 Å². The highest BCUT2D eigenvalue weighted by Crippen LogP contribution is 2.32. The SMILES string of the molecule is COc1cccc2ccc(-c3nc4cccc(C)n4c3NCCCC(=O)O)nc12. The highest BCUT2D eigenvalue weighted by atomic mass is 16.5. The van der Waals surface area contributed by atoms with E-state index in [0.717, 1.165) is 39.4 Å². The number of methoxy groups -OCH3 is 1. The maximum atomic E-state index is 10.8. The second-order valence-electron chi connectivity index (χ2n) is 6.82. The van der Waals surface area contributed by atoms with Crippen LogP contribution in [0.3, 0.4) is 0 Å². The number of benzene rings is 1. The molecule has 4 aromatic rings. The third kappa shape index (κ3) is 3.59. The smallest absolute Gasteiger partial charge is 0.303 e. The Bertz CT molecular complexity index is 1200. The highest BCUT2D eigenvalue weighted by molar-refractivity contribution is 5.88. The molecule has 0 aliphatic heterocycles. The number of nitrogens with zero attached hydrogens (tertiary/aromatic N) is 3. The molecule has 0 aliphatic carbocycles. The molecule has 0 unspecified atom stereocenters. The van der Waals surface area contributed by atoms with Crippen molar-refractivity contribution < 1.29 is 14.6 Å². The third-order valence-corrected chi connectivity index (χ3v) is 4.84. The molecule has 7 nitrogen and oxygen atoms in total. The number of hydrogen-bond donors (Lipinski definition) is 2. The van der Waals surface area contributed by atoms with E-state index >= 15 is 0 Å². The number of fused-ring (bicyclic) bond motifs is 2. The summed E-state index contributed by atoms with van der Waals surface area (Å²) in [5.41, 5.74) is 4.06. The number of aromatic nitrogens is 3. The van der Waals surface area contributed by atoms with Crippen molar-refractivity contribution in [3.05, 3.63) is 54.2 Å². The van der Waals surface area contributed by atoms with Gasteiger partial charge >= 0.3 is 5.97 Å². The number of para-hydroxylation sites is 1. The van der Waals surface area contributed by atoms with Crippen molar-refractivity contribution in [2.45, 2.75) is 19.8 Å². The summed E-state index contributed by atoms with van der Waals surface area (Å²) >= 11 is 0.